The minimum absolute atomic E-state index is 0.0528. The molecule has 1 unspecified atom stereocenters. The summed E-state index contributed by atoms with van der Waals surface area (Å²) in [6, 6.07) is 18.7. The average Bonchev–Trinajstić information content (AvgIpc) is 2.54. The Balaban J connectivity index is 1.82. The van der Waals surface area contributed by atoms with Crippen molar-refractivity contribution in [3.63, 3.8) is 0 Å². The summed E-state index contributed by atoms with van der Waals surface area (Å²) in [4.78, 5) is 12.1. The highest BCUT2D eigenvalue weighted by Gasteiger charge is 2.09. The number of hydrogen-bond donors (Lipinski definition) is 1. The van der Waals surface area contributed by atoms with Gasteiger partial charge in [0.1, 0.15) is 0 Å². The van der Waals surface area contributed by atoms with Crippen molar-refractivity contribution < 1.29 is 4.79 Å². The lowest BCUT2D eigenvalue weighted by atomic mass is 10.00. The highest BCUT2D eigenvalue weighted by molar-refractivity contribution is 5.76. The van der Waals surface area contributed by atoms with Crippen LogP contribution in [-0.2, 0) is 11.2 Å². The molecule has 0 aliphatic carbocycles. The predicted octanol–water partition coefficient (Wildman–Crippen LogP) is 4.62. The van der Waals surface area contributed by atoms with E-state index in [2.05, 4.69) is 43.4 Å². The molecule has 2 aromatic rings. The van der Waals surface area contributed by atoms with Crippen LogP contribution >= 0.6 is 0 Å². The Hall–Kier alpha value is -2.09. The fourth-order valence-electron chi connectivity index (χ4n) is 2.47. The molecule has 1 atom stereocenters. The van der Waals surface area contributed by atoms with Crippen molar-refractivity contribution in [2.75, 3.05) is 0 Å². The van der Waals surface area contributed by atoms with Crippen molar-refractivity contribution in [3.8, 4) is 0 Å². The molecule has 116 valence electrons. The standard InChI is InChI=1S/C20H25NO/c1-15(2)18-12-9-17(10-13-18)11-14-20(22)21-16(3)19-7-5-4-6-8-19/h4-10,12-13,15-16H,11,14H2,1-3H3,(H,21,22). The maximum Gasteiger partial charge on any atom is 0.220 e. The van der Waals surface area contributed by atoms with Gasteiger partial charge in [-0.15, -0.1) is 0 Å². The smallest absolute Gasteiger partial charge is 0.220 e. The number of carbonyl (C=O) groups excluding carboxylic acids is 1. The van der Waals surface area contributed by atoms with Gasteiger partial charge in [-0.2, -0.15) is 0 Å². The van der Waals surface area contributed by atoms with Crippen LogP contribution in [0.15, 0.2) is 54.6 Å². The number of rotatable bonds is 6. The van der Waals surface area contributed by atoms with Gasteiger partial charge in [-0.05, 0) is 36.0 Å². The van der Waals surface area contributed by atoms with Crippen molar-refractivity contribution in [1.29, 1.82) is 0 Å². The summed E-state index contributed by atoms with van der Waals surface area (Å²) in [6.45, 7) is 6.39. The van der Waals surface area contributed by atoms with E-state index in [0.29, 0.717) is 12.3 Å². The zero-order chi connectivity index (χ0) is 15.9. The van der Waals surface area contributed by atoms with E-state index in [9.17, 15) is 4.79 Å². The second kappa shape index (κ2) is 7.79. The average molecular weight is 295 g/mol. The molecular weight excluding hydrogens is 270 g/mol. The Bertz CT molecular complexity index is 587. The van der Waals surface area contributed by atoms with Gasteiger partial charge in [-0.1, -0.05) is 68.4 Å². The molecule has 0 heterocycles. The topological polar surface area (TPSA) is 29.1 Å². The molecule has 2 rings (SSSR count). The molecule has 1 N–H and O–H groups in total. The first kappa shape index (κ1) is 16.3. The molecular formula is C20H25NO. The Labute approximate surface area is 133 Å². The zero-order valence-electron chi connectivity index (χ0n) is 13.7. The Morgan fingerprint density at radius 1 is 0.909 bits per heavy atom. The summed E-state index contributed by atoms with van der Waals surface area (Å²) in [5, 5.41) is 3.06. The predicted molar refractivity (Wildman–Crippen MR) is 91.9 cm³/mol. The number of carbonyl (C=O) groups is 1. The summed E-state index contributed by atoms with van der Waals surface area (Å²) in [6.07, 6.45) is 1.31. The van der Waals surface area contributed by atoms with E-state index in [1.54, 1.807) is 0 Å². The largest absolute Gasteiger partial charge is 0.350 e. The third-order valence-electron chi connectivity index (χ3n) is 3.96. The van der Waals surface area contributed by atoms with Crippen LogP contribution in [-0.4, -0.2) is 5.91 Å². The highest BCUT2D eigenvalue weighted by atomic mass is 16.1. The molecule has 0 spiro atoms. The van der Waals surface area contributed by atoms with E-state index in [-0.39, 0.29) is 11.9 Å². The first-order valence-electron chi connectivity index (χ1n) is 7.99. The van der Waals surface area contributed by atoms with Crippen LogP contribution in [0.3, 0.4) is 0 Å². The van der Waals surface area contributed by atoms with Gasteiger partial charge in [-0.3, -0.25) is 4.79 Å². The first-order chi connectivity index (χ1) is 10.6. The van der Waals surface area contributed by atoms with E-state index >= 15 is 0 Å². The van der Waals surface area contributed by atoms with Crippen LogP contribution in [0.2, 0.25) is 0 Å². The minimum atomic E-state index is 0.0528. The van der Waals surface area contributed by atoms with Gasteiger partial charge in [0, 0.05) is 6.42 Å². The van der Waals surface area contributed by atoms with Crippen molar-refractivity contribution in [3.05, 3.63) is 71.3 Å². The van der Waals surface area contributed by atoms with Gasteiger partial charge < -0.3 is 5.32 Å². The van der Waals surface area contributed by atoms with Gasteiger partial charge in [0.05, 0.1) is 6.04 Å². The van der Waals surface area contributed by atoms with Crippen LogP contribution in [0.4, 0.5) is 0 Å². The Kier molecular flexibility index (Phi) is 5.76. The van der Waals surface area contributed by atoms with Gasteiger partial charge in [0.15, 0.2) is 0 Å². The molecule has 0 aliphatic heterocycles. The lowest BCUT2D eigenvalue weighted by Crippen LogP contribution is -2.26. The molecule has 0 saturated carbocycles. The quantitative estimate of drug-likeness (QED) is 0.827. The van der Waals surface area contributed by atoms with Crippen molar-refractivity contribution >= 4 is 5.91 Å². The molecule has 1 amide bonds. The molecule has 2 heteroatoms. The van der Waals surface area contributed by atoms with Gasteiger partial charge in [0.2, 0.25) is 5.91 Å². The number of nitrogens with one attached hydrogen (secondary N) is 1. The lowest BCUT2D eigenvalue weighted by Gasteiger charge is -2.14. The SMILES string of the molecule is CC(C)c1ccc(CCC(=O)NC(C)c2ccccc2)cc1. The van der Waals surface area contributed by atoms with Gasteiger partial charge >= 0.3 is 0 Å². The van der Waals surface area contributed by atoms with E-state index in [1.165, 1.54) is 11.1 Å². The van der Waals surface area contributed by atoms with Crippen molar-refractivity contribution in [2.45, 2.75) is 45.6 Å². The molecule has 0 fully saturated rings. The number of benzene rings is 2. The Morgan fingerprint density at radius 3 is 2.14 bits per heavy atom. The lowest BCUT2D eigenvalue weighted by molar-refractivity contribution is -0.121. The normalized spacial score (nSPS) is 12.2. The maximum absolute atomic E-state index is 12.1. The van der Waals surface area contributed by atoms with Crippen LogP contribution in [0.1, 0.15) is 55.8 Å². The highest BCUT2D eigenvalue weighted by Crippen LogP contribution is 2.16. The summed E-state index contributed by atoms with van der Waals surface area (Å²) in [5.74, 6) is 0.647. The molecule has 0 aliphatic rings. The third-order valence-corrected chi connectivity index (χ3v) is 3.96. The van der Waals surface area contributed by atoms with Crippen molar-refractivity contribution in [1.82, 2.24) is 5.32 Å². The van der Waals surface area contributed by atoms with E-state index in [4.69, 9.17) is 0 Å². The molecule has 2 aromatic carbocycles. The molecule has 22 heavy (non-hydrogen) atoms. The maximum atomic E-state index is 12.1. The molecule has 0 aromatic heterocycles. The van der Waals surface area contributed by atoms with E-state index < -0.39 is 0 Å². The van der Waals surface area contributed by atoms with E-state index in [0.717, 1.165) is 12.0 Å². The van der Waals surface area contributed by atoms with Crippen molar-refractivity contribution in [2.24, 2.45) is 0 Å². The summed E-state index contributed by atoms with van der Waals surface area (Å²) in [7, 11) is 0. The van der Waals surface area contributed by atoms with E-state index in [1.807, 2.05) is 37.3 Å². The molecule has 0 bridgehead atoms. The Morgan fingerprint density at radius 2 is 1.55 bits per heavy atom. The monoisotopic (exact) mass is 295 g/mol. The van der Waals surface area contributed by atoms with Crippen LogP contribution in [0.25, 0.3) is 0 Å². The fraction of sp³-hybridized carbons (Fsp3) is 0.350. The summed E-state index contributed by atoms with van der Waals surface area (Å²) in [5.41, 5.74) is 3.69. The number of amides is 1. The summed E-state index contributed by atoms with van der Waals surface area (Å²) >= 11 is 0. The van der Waals surface area contributed by atoms with Gasteiger partial charge in [-0.25, -0.2) is 0 Å². The third kappa shape index (κ3) is 4.73. The molecule has 0 radical (unpaired) electrons. The second-order valence-electron chi connectivity index (χ2n) is 6.10. The second-order valence-corrected chi connectivity index (χ2v) is 6.10. The molecule has 2 nitrogen and oxygen atoms in total. The number of hydrogen-bond acceptors (Lipinski definition) is 1. The number of aryl methyl sites for hydroxylation is 1. The van der Waals surface area contributed by atoms with Gasteiger partial charge in [0.25, 0.3) is 0 Å². The fourth-order valence-corrected chi connectivity index (χ4v) is 2.47. The van der Waals surface area contributed by atoms with Crippen LogP contribution < -0.4 is 5.32 Å². The minimum Gasteiger partial charge on any atom is -0.350 e. The molecule has 0 saturated heterocycles. The summed E-state index contributed by atoms with van der Waals surface area (Å²) < 4.78 is 0. The van der Waals surface area contributed by atoms with Crippen LogP contribution in [0, 0.1) is 0 Å². The van der Waals surface area contributed by atoms with Crippen LogP contribution in [0.5, 0.6) is 0 Å². The first-order valence-corrected chi connectivity index (χ1v) is 7.99. The zero-order valence-corrected chi connectivity index (χ0v) is 13.7.